The van der Waals surface area contributed by atoms with E-state index >= 15 is 0 Å². The van der Waals surface area contributed by atoms with Crippen LogP contribution in [0.5, 0.6) is 0 Å². The van der Waals surface area contributed by atoms with Gasteiger partial charge in [-0.3, -0.25) is 0 Å². The molecule has 1 heterocycles. The Labute approximate surface area is 142 Å². The van der Waals surface area contributed by atoms with Crippen molar-refractivity contribution in [1.29, 1.82) is 0 Å². The maximum atomic E-state index is 11.2. The molecule has 3 aromatic rings. The summed E-state index contributed by atoms with van der Waals surface area (Å²) in [4.78, 5) is 17.9. The van der Waals surface area contributed by atoms with Crippen molar-refractivity contribution in [1.82, 2.24) is 15.3 Å². The van der Waals surface area contributed by atoms with Crippen LogP contribution >= 0.6 is 24.0 Å². The minimum atomic E-state index is -0.212. The van der Waals surface area contributed by atoms with Crippen LogP contribution < -0.4 is 16.3 Å². The van der Waals surface area contributed by atoms with Crippen LogP contribution in [0.4, 0.5) is 5.69 Å². The van der Waals surface area contributed by atoms with Gasteiger partial charge in [-0.05, 0) is 42.5 Å². The number of H-pyrrole nitrogens is 2. The number of hydrogen-bond acceptors (Lipinski definition) is 3. The van der Waals surface area contributed by atoms with E-state index in [-0.39, 0.29) is 5.69 Å². The quantitative estimate of drug-likeness (QED) is 0.325. The standard InChI is InChI=1S/C16H16N4OS2/c21-15-19-13-7-6-11(10-14(13)20-15)18-16(22)17-8-9-23-12-4-2-1-3-5-12/h1-7,10H,8-9H2,(H2,17,18,22)(H2,19,20,21). The second kappa shape index (κ2) is 7.34. The van der Waals surface area contributed by atoms with E-state index < -0.39 is 0 Å². The third-order valence-electron chi connectivity index (χ3n) is 3.17. The van der Waals surface area contributed by atoms with Gasteiger partial charge in [-0.2, -0.15) is 0 Å². The van der Waals surface area contributed by atoms with Crippen molar-refractivity contribution in [3.63, 3.8) is 0 Å². The molecule has 0 atom stereocenters. The normalized spacial score (nSPS) is 10.6. The molecule has 0 bridgehead atoms. The van der Waals surface area contributed by atoms with Crippen LogP contribution in [0.15, 0.2) is 58.2 Å². The molecule has 5 nitrogen and oxygen atoms in total. The molecule has 0 spiro atoms. The van der Waals surface area contributed by atoms with Crippen molar-refractivity contribution in [3.8, 4) is 0 Å². The summed E-state index contributed by atoms with van der Waals surface area (Å²) in [5.41, 5.74) is 2.15. The van der Waals surface area contributed by atoms with Gasteiger partial charge in [0.05, 0.1) is 11.0 Å². The Kier molecular flexibility index (Phi) is 4.99. The van der Waals surface area contributed by atoms with Crippen molar-refractivity contribution >= 4 is 45.8 Å². The maximum Gasteiger partial charge on any atom is 0.323 e. The Balaban J connectivity index is 1.47. The van der Waals surface area contributed by atoms with E-state index in [1.54, 1.807) is 11.8 Å². The van der Waals surface area contributed by atoms with E-state index in [2.05, 4.69) is 32.7 Å². The number of hydrogen-bond donors (Lipinski definition) is 4. The fraction of sp³-hybridized carbons (Fsp3) is 0.125. The molecule has 0 unspecified atom stereocenters. The highest BCUT2D eigenvalue weighted by Crippen LogP contribution is 2.16. The molecule has 0 aliphatic carbocycles. The first-order valence-corrected chi connectivity index (χ1v) is 8.55. The molecule has 0 radical (unpaired) electrons. The van der Waals surface area contributed by atoms with Gasteiger partial charge in [-0.1, -0.05) is 18.2 Å². The fourth-order valence-corrected chi connectivity index (χ4v) is 3.15. The lowest BCUT2D eigenvalue weighted by atomic mass is 10.3. The molecular weight excluding hydrogens is 328 g/mol. The lowest BCUT2D eigenvalue weighted by Crippen LogP contribution is -2.30. The summed E-state index contributed by atoms with van der Waals surface area (Å²) in [6.45, 7) is 0.772. The van der Waals surface area contributed by atoms with Crippen LogP contribution in [0.2, 0.25) is 0 Å². The SMILES string of the molecule is O=c1[nH]c2ccc(NC(=S)NCCSc3ccccc3)cc2[nH]1. The molecule has 118 valence electrons. The number of anilines is 1. The number of nitrogens with one attached hydrogen (secondary N) is 4. The van der Waals surface area contributed by atoms with E-state index in [1.165, 1.54) is 4.90 Å². The minimum Gasteiger partial charge on any atom is -0.362 e. The third-order valence-corrected chi connectivity index (χ3v) is 4.43. The van der Waals surface area contributed by atoms with Crippen molar-refractivity contribution in [2.45, 2.75) is 4.90 Å². The van der Waals surface area contributed by atoms with E-state index in [0.717, 1.165) is 29.0 Å². The van der Waals surface area contributed by atoms with Gasteiger partial charge in [-0.25, -0.2) is 4.79 Å². The summed E-state index contributed by atoms with van der Waals surface area (Å²) >= 11 is 7.06. The van der Waals surface area contributed by atoms with Crippen molar-refractivity contribution in [2.24, 2.45) is 0 Å². The van der Waals surface area contributed by atoms with Gasteiger partial charge in [0.25, 0.3) is 0 Å². The second-order valence-electron chi connectivity index (χ2n) is 4.88. The molecule has 7 heteroatoms. The number of aromatic amines is 2. The predicted octanol–water partition coefficient (Wildman–Crippen LogP) is 2.93. The van der Waals surface area contributed by atoms with Crippen molar-refractivity contribution in [2.75, 3.05) is 17.6 Å². The largest absolute Gasteiger partial charge is 0.362 e. The third kappa shape index (κ3) is 4.37. The Morgan fingerprint density at radius 1 is 1.09 bits per heavy atom. The van der Waals surface area contributed by atoms with Crippen LogP contribution in [-0.2, 0) is 0 Å². The topological polar surface area (TPSA) is 72.7 Å². The molecule has 4 N–H and O–H groups in total. The fourth-order valence-electron chi connectivity index (χ4n) is 2.14. The van der Waals surface area contributed by atoms with Crippen molar-refractivity contribution < 1.29 is 0 Å². The summed E-state index contributed by atoms with van der Waals surface area (Å²) in [7, 11) is 0. The first-order chi connectivity index (χ1) is 11.2. The monoisotopic (exact) mass is 344 g/mol. The highest BCUT2D eigenvalue weighted by Gasteiger charge is 2.02. The smallest absolute Gasteiger partial charge is 0.323 e. The molecule has 0 aliphatic heterocycles. The molecule has 0 saturated heterocycles. The average molecular weight is 344 g/mol. The first-order valence-electron chi connectivity index (χ1n) is 7.15. The Morgan fingerprint density at radius 2 is 1.87 bits per heavy atom. The summed E-state index contributed by atoms with van der Waals surface area (Å²) in [5.74, 6) is 0.927. The van der Waals surface area contributed by atoms with Crippen molar-refractivity contribution in [3.05, 3.63) is 59.0 Å². The predicted molar refractivity (Wildman–Crippen MR) is 100 cm³/mol. The van der Waals surface area contributed by atoms with Gasteiger partial charge in [0, 0.05) is 22.9 Å². The average Bonchev–Trinajstić information content (AvgIpc) is 2.92. The van der Waals surface area contributed by atoms with Gasteiger partial charge in [-0.15, -0.1) is 11.8 Å². The number of rotatable bonds is 5. The highest BCUT2D eigenvalue weighted by molar-refractivity contribution is 7.99. The van der Waals surface area contributed by atoms with E-state index in [1.807, 2.05) is 36.4 Å². The van der Waals surface area contributed by atoms with Crippen LogP contribution in [0, 0.1) is 0 Å². The van der Waals surface area contributed by atoms with E-state index in [4.69, 9.17) is 12.2 Å². The zero-order valence-corrected chi connectivity index (χ0v) is 13.9. The van der Waals surface area contributed by atoms with Crippen LogP contribution in [0.3, 0.4) is 0 Å². The summed E-state index contributed by atoms with van der Waals surface area (Å²) in [5, 5.41) is 6.86. The van der Waals surface area contributed by atoms with Gasteiger partial charge in [0.1, 0.15) is 0 Å². The lowest BCUT2D eigenvalue weighted by Gasteiger charge is -2.10. The molecular formula is C16H16N4OS2. The highest BCUT2D eigenvalue weighted by atomic mass is 32.2. The number of benzene rings is 2. The summed E-state index contributed by atoms with van der Waals surface area (Å²) in [6, 6.07) is 15.8. The number of thiocarbonyl (C=S) groups is 1. The van der Waals surface area contributed by atoms with Gasteiger partial charge < -0.3 is 20.6 Å². The summed E-state index contributed by atoms with van der Waals surface area (Å²) < 4.78 is 0. The molecule has 1 aromatic heterocycles. The number of fused-ring (bicyclic) bond motifs is 1. The Morgan fingerprint density at radius 3 is 2.70 bits per heavy atom. The second-order valence-corrected chi connectivity index (χ2v) is 6.46. The van der Waals surface area contributed by atoms with Gasteiger partial charge in [0.2, 0.25) is 0 Å². The van der Waals surface area contributed by atoms with E-state index in [9.17, 15) is 4.79 Å². The number of aromatic nitrogens is 2. The molecule has 2 aromatic carbocycles. The number of thioether (sulfide) groups is 1. The zero-order chi connectivity index (χ0) is 16.1. The molecule has 3 rings (SSSR count). The maximum absolute atomic E-state index is 11.2. The van der Waals surface area contributed by atoms with Crippen LogP contribution in [-0.4, -0.2) is 27.4 Å². The molecule has 0 saturated carbocycles. The van der Waals surface area contributed by atoms with Gasteiger partial charge in [0.15, 0.2) is 5.11 Å². The molecule has 0 aliphatic rings. The Bertz CT molecular complexity index is 857. The zero-order valence-electron chi connectivity index (χ0n) is 12.3. The van der Waals surface area contributed by atoms with Gasteiger partial charge >= 0.3 is 5.69 Å². The number of imidazole rings is 1. The molecule has 0 fully saturated rings. The molecule has 23 heavy (non-hydrogen) atoms. The Hall–Kier alpha value is -2.25. The molecule has 0 amide bonds. The van der Waals surface area contributed by atoms with Crippen LogP contribution in [0.25, 0.3) is 11.0 Å². The van der Waals surface area contributed by atoms with Crippen LogP contribution in [0.1, 0.15) is 0 Å². The lowest BCUT2D eigenvalue weighted by molar-refractivity contribution is 0.990. The van der Waals surface area contributed by atoms with E-state index in [0.29, 0.717) is 5.11 Å². The summed E-state index contributed by atoms with van der Waals surface area (Å²) in [6.07, 6.45) is 0. The first kappa shape index (κ1) is 15.6. The minimum absolute atomic E-state index is 0.212.